The smallest absolute Gasteiger partial charge is 0.257 e. The standard InChI is InChI=1S/C14H18N4O/c1-10-9-13(18(2)17-10)16-14(19)12-6-4-3-5-11(12)7-8-15/h3-6,9H,7-8,15H2,1-2H3,(H,16,19). The fraction of sp³-hybridized carbons (Fsp3) is 0.286. The van der Waals surface area contributed by atoms with E-state index in [1.54, 1.807) is 11.7 Å². The first-order valence-electron chi connectivity index (χ1n) is 6.22. The van der Waals surface area contributed by atoms with Crippen LogP contribution in [0.25, 0.3) is 0 Å². The van der Waals surface area contributed by atoms with Crippen LogP contribution in [0.4, 0.5) is 5.82 Å². The van der Waals surface area contributed by atoms with Crippen molar-refractivity contribution in [2.24, 2.45) is 12.8 Å². The maximum Gasteiger partial charge on any atom is 0.257 e. The molecule has 0 aliphatic carbocycles. The van der Waals surface area contributed by atoms with E-state index in [4.69, 9.17) is 5.73 Å². The molecule has 19 heavy (non-hydrogen) atoms. The van der Waals surface area contributed by atoms with E-state index in [0.29, 0.717) is 24.3 Å². The third-order valence-corrected chi connectivity index (χ3v) is 2.92. The van der Waals surface area contributed by atoms with Crippen LogP contribution in [0.2, 0.25) is 0 Å². The molecule has 0 radical (unpaired) electrons. The molecule has 0 atom stereocenters. The first-order chi connectivity index (χ1) is 9.11. The molecular formula is C14H18N4O. The Labute approximate surface area is 112 Å². The van der Waals surface area contributed by atoms with Crippen LogP contribution < -0.4 is 11.1 Å². The predicted molar refractivity (Wildman–Crippen MR) is 75.1 cm³/mol. The Hall–Kier alpha value is -2.14. The number of carbonyl (C=O) groups excluding carboxylic acids is 1. The molecule has 0 unspecified atom stereocenters. The Morgan fingerprint density at radius 1 is 1.42 bits per heavy atom. The van der Waals surface area contributed by atoms with Crippen molar-refractivity contribution < 1.29 is 4.79 Å². The number of carbonyl (C=O) groups is 1. The van der Waals surface area contributed by atoms with Crippen molar-refractivity contribution >= 4 is 11.7 Å². The van der Waals surface area contributed by atoms with Gasteiger partial charge >= 0.3 is 0 Å². The molecule has 5 heteroatoms. The Morgan fingerprint density at radius 2 is 2.16 bits per heavy atom. The summed E-state index contributed by atoms with van der Waals surface area (Å²) in [6, 6.07) is 9.34. The molecule has 0 fully saturated rings. The first kappa shape index (κ1) is 13.3. The molecular weight excluding hydrogens is 240 g/mol. The van der Waals surface area contributed by atoms with Gasteiger partial charge in [-0.1, -0.05) is 18.2 Å². The SMILES string of the molecule is Cc1cc(NC(=O)c2ccccc2CCN)n(C)n1. The number of aromatic nitrogens is 2. The Kier molecular flexibility index (Phi) is 3.97. The lowest BCUT2D eigenvalue weighted by atomic mass is 10.0. The van der Waals surface area contributed by atoms with E-state index in [1.165, 1.54) is 0 Å². The molecule has 2 rings (SSSR count). The zero-order chi connectivity index (χ0) is 13.8. The van der Waals surface area contributed by atoms with Gasteiger partial charge in [0.15, 0.2) is 0 Å². The van der Waals surface area contributed by atoms with E-state index in [2.05, 4.69) is 10.4 Å². The molecule has 1 aromatic carbocycles. The number of hydrogen-bond donors (Lipinski definition) is 2. The second-order valence-corrected chi connectivity index (χ2v) is 4.44. The summed E-state index contributed by atoms with van der Waals surface area (Å²) in [6.07, 6.45) is 0.689. The van der Waals surface area contributed by atoms with E-state index in [9.17, 15) is 4.79 Å². The number of rotatable bonds is 4. The molecule has 1 amide bonds. The topological polar surface area (TPSA) is 72.9 Å². The third kappa shape index (κ3) is 3.00. The van der Waals surface area contributed by atoms with E-state index in [-0.39, 0.29) is 5.91 Å². The van der Waals surface area contributed by atoms with Gasteiger partial charge in [-0.3, -0.25) is 9.48 Å². The van der Waals surface area contributed by atoms with Crippen molar-refractivity contribution in [2.45, 2.75) is 13.3 Å². The molecule has 5 nitrogen and oxygen atoms in total. The highest BCUT2D eigenvalue weighted by atomic mass is 16.1. The third-order valence-electron chi connectivity index (χ3n) is 2.92. The van der Waals surface area contributed by atoms with Crippen LogP contribution in [0, 0.1) is 6.92 Å². The minimum atomic E-state index is -0.132. The maximum atomic E-state index is 12.3. The van der Waals surface area contributed by atoms with Crippen molar-refractivity contribution in [3.8, 4) is 0 Å². The summed E-state index contributed by atoms with van der Waals surface area (Å²) in [5.41, 5.74) is 8.05. The van der Waals surface area contributed by atoms with Gasteiger partial charge in [0.25, 0.3) is 5.91 Å². The van der Waals surface area contributed by atoms with E-state index in [0.717, 1.165) is 11.3 Å². The van der Waals surface area contributed by atoms with Crippen LogP contribution in [0.3, 0.4) is 0 Å². The number of hydrogen-bond acceptors (Lipinski definition) is 3. The molecule has 0 aliphatic rings. The van der Waals surface area contributed by atoms with Gasteiger partial charge in [-0.05, 0) is 31.5 Å². The predicted octanol–water partition coefficient (Wildman–Crippen LogP) is 1.48. The number of nitrogens with one attached hydrogen (secondary N) is 1. The van der Waals surface area contributed by atoms with Crippen LogP contribution in [-0.4, -0.2) is 22.2 Å². The van der Waals surface area contributed by atoms with Crippen molar-refractivity contribution in [3.05, 3.63) is 47.2 Å². The number of amides is 1. The summed E-state index contributed by atoms with van der Waals surface area (Å²) in [5.74, 6) is 0.553. The number of nitrogens with two attached hydrogens (primary N) is 1. The summed E-state index contributed by atoms with van der Waals surface area (Å²) in [7, 11) is 1.80. The van der Waals surface area contributed by atoms with Gasteiger partial charge in [-0.25, -0.2) is 0 Å². The summed E-state index contributed by atoms with van der Waals surface area (Å²) >= 11 is 0. The largest absolute Gasteiger partial charge is 0.330 e. The van der Waals surface area contributed by atoms with E-state index >= 15 is 0 Å². The average molecular weight is 258 g/mol. The van der Waals surface area contributed by atoms with Crippen LogP contribution in [0.5, 0.6) is 0 Å². The van der Waals surface area contributed by atoms with Gasteiger partial charge in [-0.2, -0.15) is 5.10 Å². The Morgan fingerprint density at radius 3 is 2.79 bits per heavy atom. The maximum absolute atomic E-state index is 12.3. The van der Waals surface area contributed by atoms with Crippen molar-refractivity contribution in [2.75, 3.05) is 11.9 Å². The van der Waals surface area contributed by atoms with Gasteiger partial charge in [0.2, 0.25) is 0 Å². The first-order valence-corrected chi connectivity index (χ1v) is 6.22. The fourth-order valence-electron chi connectivity index (χ4n) is 2.03. The Balaban J connectivity index is 2.22. The monoisotopic (exact) mass is 258 g/mol. The minimum Gasteiger partial charge on any atom is -0.330 e. The fourth-order valence-corrected chi connectivity index (χ4v) is 2.03. The molecule has 3 N–H and O–H groups in total. The number of aryl methyl sites for hydroxylation is 2. The average Bonchev–Trinajstić information content (AvgIpc) is 2.69. The zero-order valence-electron chi connectivity index (χ0n) is 11.2. The van der Waals surface area contributed by atoms with Crippen LogP contribution in [-0.2, 0) is 13.5 Å². The van der Waals surface area contributed by atoms with Gasteiger partial charge < -0.3 is 11.1 Å². The molecule has 1 heterocycles. The molecule has 0 aliphatic heterocycles. The number of anilines is 1. The number of nitrogens with zero attached hydrogens (tertiary/aromatic N) is 2. The number of benzene rings is 1. The minimum absolute atomic E-state index is 0.132. The van der Waals surface area contributed by atoms with Crippen LogP contribution in [0.1, 0.15) is 21.6 Å². The summed E-state index contributed by atoms with van der Waals surface area (Å²) in [4.78, 5) is 12.3. The highest BCUT2D eigenvalue weighted by Crippen LogP contribution is 2.14. The quantitative estimate of drug-likeness (QED) is 0.872. The highest BCUT2D eigenvalue weighted by Gasteiger charge is 2.12. The van der Waals surface area contributed by atoms with Crippen LogP contribution in [0.15, 0.2) is 30.3 Å². The second kappa shape index (κ2) is 5.67. The lowest BCUT2D eigenvalue weighted by Gasteiger charge is -2.09. The van der Waals surface area contributed by atoms with Crippen molar-refractivity contribution in [1.29, 1.82) is 0 Å². The van der Waals surface area contributed by atoms with Crippen LogP contribution >= 0.6 is 0 Å². The normalized spacial score (nSPS) is 10.5. The Bertz CT molecular complexity index is 589. The second-order valence-electron chi connectivity index (χ2n) is 4.44. The highest BCUT2D eigenvalue weighted by molar-refractivity contribution is 6.04. The molecule has 1 aromatic heterocycles. The lowest BCUT2D eigenvalue weighted by molar-refractivity contribution is 0.102. The van der Waals surface area contributed by atoms with Crippen molar-refractivity contribution in [1.82, 2.24) is 9.78 Å². The molecule has 0 saturated carbocycles. The zero-order valence-corrected chi connectivity index (χ0v) is 11.2. The molecule has 2 aromatic rings. The van der Waals surface area contributed by atoms with E-state index in [1.807, 2.05) is 37.3 Å². The van der Waals surface area contributed by atoms with Gasteiger partial charge in [0.1, 0.15) is 5.82 Å². The summed E-state index contributed by atoms with van der Waals surface area (Å²) in [5, 5.41) is 7.07. The van der Waals surface area contributed by atoms with Gasteiger partial charge in [0, 0.05) is 18.7 Å². The summed E-state index contributed by atoms with van der Waals surface area (Å²) < 4.78 is 1.65. The van der Waals surface area contributed by atoms with Gasteiger partial charge in [-0.15, -0.1) is 0 Å². The van der Waals surface area contributed by atoms with Crippen molar-refractivity contribution in [3.63, 3.8) is 0 Å². The summed E-state index contributed by atoms with van der Waals surface area (Å²) in [6.45, 7) is 2.41. The molecule has 100 valence electrons. The molecule has 0 saturated heterocycles. The molecule has 0 spiro atoms. The molecule has 0 bridgehead atoms. The van der Waals surface area contributed by atoms with Gasteiger partial charge in [0.05, 0.1) is 5.69 Å². The van der Waals surface area contributed by atoms with E-state index < -0.39 is 0 Å². The lowest BCUT2D eigenvalue weighted by Crippen LogP contribution is -2.17.